The van der Waals surface area contributed by atoms with E-state index >= 15 is 0 Å². The van der Waals surface area contributed by atoms with Crippen LogP contribution in [0.25, 0.3) is 0 Å². The molecule has 0 bridgehead atoms. The molecule has 2 aromatic rings. The van der Waals surface area contributed by atoms with E-state index < -0.39 is 34.2 Å². The lowest BCUT2D eigenvalue weighted by atomic mass is 10.2. The van der Waals surface area contributed by atoms with E-state index in [1.54, 1.807) is 30.3 Å². The van der Waals surface area contributed by atoms with Crippen LogP contribution in [0.15, 0.2) is 53.4 Å². The van der Waals surface area contributed by atoms with Gasteiger partial charge in [-0.1, -0.05) is 12.1 Å². The van der Waals surface area contributed by atoms with Crippen molar-refractivity contribution in [3.05, 3.63) is 64.2 Å². The van der Waals surface area contributed by atoms with Crippen LogP contribution in [-0.2, 0) is 20.3 Å². The van der Waals surface area contributed by atoms with Gasteiger partial charge in [-0.05, 0) is 24.3 Å². The van der Waals surface area contributed by atoms with Gasteiger partial charge in [-0.2, -0.15) is 0 Å². The molecule has 9 nitrogen and oxygen atoms in total. The van der Waals surface area contributed by atoms with Gasteiger partial charge >= 0.3 is 5.97 Å². The minimum atomic E-state index is -1.35. The molecular weight excluding hydrogens is 386 g/mol. The third-order valence-electron chi connectivity index (χ3n) is 3.61. The van der Waals surface area contributed by atoms with Crippen molar-refractivity contribution in [3.8, 4) is 0 Å². The first kappa shape index (κ1) is 21.0. The number of ether oxygens (including phenoxy) is 1. The number of amides is 1. The van der Waals surface area contributed by atoms with Crippen LogP contribution in [0.1, 0.15) is 10.4 Å². The topological polar surface area (TPSA) is 128 Å². The molecule has 0 aliphatic heterocycles. The van der Waals surface area contributed by atoms with Crippen LogP contribution < -0.4 is 10.6 Å². The molecule has 0 aliphatic rings. The predicted octanol–water partition coefficient (Wildman–Crippen LogP) is 1.72. The van der Waals surface area contributed by atoms with Crippen LogP contribution in [0.4, 0.5) is 11.4 Å². The average Bonchev–Trinajstić information content (AvgIpc) is 2.69. The van der Waals surface area contributed by atoms with Gasteiger partial charge in [-0.3, -0.25) is 19.1 Å². The Bertz CT molecular complexity index is 885. The van der Waals surface area contributed by atoms with E-state index in [1.165, 1.54) is 24.5 Å². The summed E-state index contributed by atoms with van der Waals surface area (Å²) in [6, 6.07) is 12.2. The Morgan fingerprint density at radius 2 is 1.79 bits per heavy atom. The highest BCUT2D eigenvalue weighted by atomic mass is 32.2. The minimum absolute atomic E-state index is 0.00542. The van der Waals surface area contributed by atoms with Gasteiger partial charge in [0.2, 0.25) is 0 Å². The first-order chi connectivity index (χ1) is 13.4. The molecule has 0 spiro atoms. The molecule has 1 amide bonds. The van der Waals surface area contributed by atoms with E-state index in [2.05, 4.69) is 10.6 Å². The highest BCUT2D eigenvalue weighted by Gasteiger charge is 2.15. The maximum absolute atomic E-state index is 12.1. The number of carbonyl (C=O) groups excluding carboxylic acids is 2. The van der Waals surface area contributed by atoms with Crippen LogP contribution in [0.2, 0.25) is 0 Å². The molecule has 0 unspecified atom stereocenters. The number of esters is 1. The third kappa shape index (κ3) is 6.16. The van der Waals surface area contributed by atoms with Gasteiger partial charge in [0, 0.05) is 37.2 Å². The summed E-state index contributed by atoms with van der Waals surface area (Å²) >= 11 is 0. The van der Waals surface area contributed by atoms with Crippen molar-refractivity contribution in [3.63, 3.8) is 0 Å². The zero-order chi connectivity index (χ0) is 20.5. The Hall–Kier alpha value is -3.27. The molecule has 148 valence electrons. The zero-order valence-corrected chi connectivity index (χ0v) is 15.9. The van der Waals surface area contributed by atoms with E-state index in [0.717, 1.165) is 0 Å². The zero-order valence-electron chi connectivity index (χ0n) is 15.0. The molecule has 1 atom stereocenters. The van der Waals surface area contributed by atoms with Crippen molar-refractivity contribution in [2.45, 2.75) is 4.90 Å². The van der Waals surface area contributed by atoms with E-state index in [4.69, 9.17) is 4.74 Å². The fourth-order valence-corrected chi connectivity index (χ4v) is 2.99. The molecule has 0 aliphatic carbocycles. The van der Waals surface area contributed by atoms with Crippen LogP contribution in [0.5, 0.6) is 0 Å². The number of nitrogens with zero attached hydrogens (tertiary/aromatic N) is 1. The van der Waals surface area contributed by atoms with Crippen molar-refractivity contribution in [1.29, 1.82) is 0 Å². The Morgan fingerprint density at radius 3 is 2.43 bits per heavy atom. The minimum Gasteiger partial charge on any atom is -0.452 e. The van der Waals surface area contributed by atoms with Crippen molar-refractivity contribution in [2.75, 3.05) is 31.3 Å². The number of non-ortho nitro benzene ring substituents is 1. The van der Waals surface area contributed by atoms with E-state index in [0.29, 0.717) is 17.1 Å². The van der Waals surface area contributed by atoms with Gasteiger partial charge in [0.1, 0.15) is 0 Å². The maximum atomic E-state index is 12.1. The van der Waals surface area contributed by atoms with Crippen LogP contribution in [0, 0.1) is 10.1 Å². The number of anilines is 1. The number of nitrogens with one attached hydrogen (secondary N) is 2. The quantitative estimate of drug-likeness (QED) is 0.281. The van der Waals surface area contributed by atoms with Crippen LogP contribution in [-0.4, -0.2) is 47.0 Å². The SMILES string of the molecule is C[S@](=O)c1ccccc1C(=O)OCC(=O)NCCNc1ccc([N+](=O)[O-])cc1. The average molecular weight is 405 g/mol. The monoisotopic (exact) mass is 405 g/mol. The molecule has 0 aromatic heterocycles. The Kier molecular flexibility index (Phi) is 7.64. The Labute approximate surface area is 163 Å². The summed E-state index contributed by atoms with van der Waals surface area (Å²) in [7, 11) is -1.35. The molecule has 2 rings (SSSR count). The van der Waals surface area contributed by atoms with Crippen molar-refractivity contribution >= 4 is 34.1 Å². The highest BCUT2D eigenvalue weighted by Crippen LogP contribution is 2.15. The predicted molar refractivity (Wildman–Crippen MR) is 104 cm³/mol. The summed E-state index contributed by atoms with van der Waals surface area (Å²) in [5, 5.41) is 16.2. The van der Waals surface area contributed by atoms with E-state index in [9.17, 15) is 23.9 Å². The number of carbonyl (C=O) groups is 2. The van der Waals surface area contributed by atoms with Gasteiger partial charge in [-0.25, -0.2) is 4.79 Å². The second kappa shape index (κ2) is 10.2. The number of benzene rings is 2. The van der Waals surface area contributed by atoms with Crippen molar-refractivity contribution in [1.82, 2.24) is 5.32 Å². The molecule has 0 saturated heterocycles. The Balaban J connectivity index is 1.72. The fourth-order valence-electron chi connectivity index (χ4n) is 2.26. The summed E-state index contributed by atoms with van der Waals surface area (Å²) in [5.41, 5.74) is 0.834. The van der Waals surface area contributed by atoms with Crippen molar-refractivity contribution < 1.29 is 23.5 Å². The van der Waals surface area contributed by atoms with Gasteiger partial charge in [0.25, 0.3) is 11.6 Å². The second-order valence-corrected chi connectivity index (χ2v) is 6.96. The standard InChI is InChI=1S/C18H19N3O6S/c1-28(26)16-5-3-2-4-15(16)18(23)27-12-17(22)20-11-10-19-13-6-8-14(9-7-13)21(24)25/h2-9,19H,10-12H2,1H3,(H,20,22)/t28-/m0/s1. The number of hydrogen-bond donors (Lipinski definition) is 2. The molecule has 0 saturated carbocycles. The number of nitro groups is 1. The lowest BCUT2D eigenvalue weighted by Gasteiger charge is -2.09. The fraction of sp³-hybridized carbons (Fsp3) is 0.222. The lowest BCUT2D eigenvalue weighted by molar-refractivity contribution is -0.384. The lowest BCUT2D eigenvalue weighted by Crippen LogP contribution is -2.32. The summed E-state index contributed by atoms with van der Waals surface area (Å²) in [6.07, 6.45) is 1.46. The highest BCUT2D eigenvalue weighted by molar-refractivity contribution is 7.84. The molecule has 2 N–H and O–H groups in total. The molecule has 0 heterocycles. The molecule has 0 fully saturated rings. The van der Waals surface area contributed by atoms with E-state index in [1.807, 2.05) is 0 Å². The number of hydrogen-bond acceptors (Lipinski definition) is 7. The van der Waals surface area contributed by atoms with Gasteiger partial charge in [-0.15, -0.1) is 0 Å². The smallest absolute Gasteiger partial charge is 0.339 e. The first-order valence-corrected chi connectivity index (χ1v) is 9.79. The molecule has 0 radical (unpaired) electrons. The summed E-state index contributed by atoms with van der Waals surface area (Å²) in [4.78, 5) is 34.3. The number of nitro benzene ring substituents is 1. The van der Waals surface area contributed by atoms with Gasteiger partial charge in [0.05, 0.1) is 26.2 Å². The Morgan fingerprint density at radius 1 is 1.11 bits per heavy atom. The third-order valence-corrected chi connectivity index (χ3v) is 4.58. The second-order valence-electron chi connectivity index (χ2n) is 5.61. The van der Waals surface area contributed by atoms with E-state index in [-0.39, 0.29) is 17.8 Å². The molecular formula is C18H19N3O6S. The normalized spacial score (nSPS) is 11.3. The molecule has 2 aromatic carbocycles. The largest absolute Gasteiger partial charge is 0.452 e. The summed E-state index contributed by atoms with van der Waals surface area (Å²) in [6.45, 7) is 0.194. The van der Waals surface area contributed by atoms with Gasteiger partial charge in [0.15, 0.2) is 6.61 Å². The summed E-state index contributed by atoms with van der Waals surface area (Å²) in [5.74, 6) is -1.20. The number of rotatable bonds is 9. The van der Waals surface area contributed by atoms with Gasteiger partial charge < -0.3 is 15.4 Å². The maximum Gasteiger partial charge on any atom is 0.339 e. The van der Waals surface area contributed by atoms with Crippen molar-refractivity contribution in [2.24, 2.45) is 0 Å². The molecule has 10 heteroatoms. The van der Waals surface area contributed by atoms with Crippen LogP contribution in [0.3, 0.4) is 0 Å². The van der Waals surface area contributed by atoms with Crippen LogP contribution >= 0.6 is 0 Å². The first-order valence-electron chi connectivity index (χ1n) is 8.23. The summed E-state index contributed by atoms with van der Waals surface area (Å²) < 4.78 is 16.6. The molecule has 28 heavy (non-hydrogen) atoms.